The molecule has 6 nitrogen and oxygen atoms in total. The zero-order valence-electron chi connectivity index (χ0n) is 12.0. The van der Waals surface area contributed by atoms with Gasteiger partial charge in [-0.25, -0.2) is 4.68 Å². The van der Waals surface area contributed by atoms with Crippen LogP contribution in [-0.4, -0.2) is 29.5 Å². The first-order valence-corrected chi connectivity index (χ1v) is 7.03. The van der Waals surface area contributed by atoms with Crippen molar-refractivity contribution in [3.05, 3.63) is 45.7 Å². The van der Waals surface area contributed by atoms with Crippen molar-refractivity contribution < 1.29 is 9.15 Å². The first kappa shape index (κ1) is 15.6. The van der Waals surface area contributed by atoms with Gasteiger partial charge in [-0.1, -0.05) is 11.6 Å². The topological polar surface area (TPSA) is 69.3 Å². The molecule has 2 heterocycles. The number of rotatable bonds is 7. The fourth-order valence-electron chi connectivity index (χ4n) is 1.95. The van der Waals surface area contributed by atoms with Gasteiger partial charge in [0.25, 0.3) is 5.56 Å². The summed E-state index contributed by atoms with van der Waals surface area (Å²) in [5, 5.41) is 7.39. The minimum absolute atomic E-state index is 0.0599. The number of nitrogens with zero attached hydrogens (tertiary/aromatic N) is 2. The molecule has 1 unspecified atom stereocenters. The molecule has 1 atom stereocenters. The van der Waals surface area contributed by atoms with Crippen LogP contribution in [0.5, 0.6) is 0 Å². The van der Waals surface area contributed by atoms with Gasteiger partial charge in [-0.15, -0.1) is 0 Å². The van der Waals surface area contributed by atoms with E-state index < -0.39 is 0 Å². The minimum Gasteiger partial charge on any atom is -0.469 e. The lowest BCUT2D eigenvalue weighted by Crippen LogP contribution is -2.27. The van der Waals surface area contributed by atoms with E-state index >= 15 is 0 Å². The number of ether oxygens (including phenoxy) is 1. The van der Waals surface area contributed by atoms with Crippen molar-refractivity contribution in [2.75, 3.05) is 19.0 Å². The molecule has 0 aliphatic rings. The summed E-state index contributed by atoms with van der Waals surface area (Å²) in [4.78, 5) is 12.0. The van der Waals surface area contributed by atoms with E-state index in [0.717, 1.165) is 5.76 Å². The zero-order chi connectivity index (χ0) is 15.2. The van der Waals surface area contributed by atoms with Gasteiger partial charge in [-0.2, -0.15) is 5.10 Å². The Balaban J connectivity index is 2.06. The van der Waals surface area contributed by atoms with E-state index in [-0.39, 0.29) is 16.6 Å². The lowest BCUT2D eigenvalue weighted by molar-refractivity contribution is 0.182. The van der Waals surface area contributed by atoms with Gasteiger partial charge in [-0.3, -0.25) is 4.79 Å². The third-order valence-electron chi connectivity index (χ3n) is 2.98. The van der Waals surface area contributed by atoms with Gasteiger partial charge in [0.1, 0.15) is 10.8 Å². The Labute approximate surface area is 127 Å². The molecule has 0 saturated carbocycles. The summed E-state index contributed by atoms with van der Waals surface area (Å²) in [5.74, 6) is 0.868. The molecule has 2 aromatic rings. The molecule has 0 aromatic carbocycles. The second kappa shape index (κ2) is 7.28. The van der Waals surface area contributed by atoms with Crippen molar-refractivity contribution in [1.29, 1.82) is 0 Å². The lowest BCUT2D eigenvalue weighted by atomic mass is 10.2. The highest BCUT2D eigenvalue weighted by atomic mass is 35.5. The molecule has 0 aliphatic carbocycles. The fraction of sp³-hybridized carbons (Fsp3) is 0.429. The Morgan fingerprint density at radius 2 is 2.38 bits per heavy atom. The van der Waals surface area contributed by atoms with Crippen molar-refractivity contribution in [1.82, 2.24) is 9.78 Å². The second-order valence-corrected chi connectivity index (χ2v) is 5.10. The van der Waals surface area contributed by atoms with Crippen LogP contribution in [0.4, 0.5) is 5.69 Å². The molecular weight excluding hydrogens is 294 g/mol. The highest BCUT2D eigenvalue weighted by molar-refractivity contribution is 6.32. The lowest BCUT2D eigenvalue weighted by Gasteiger charge is -2.15. The molecule has 114 valence electrons. The average molecular weight is 312 g/mol. The SMILES string of the molecule is COCCn1ncc(NC(C)Cc2ccco2)c(Cl)c1=O. The van der Waals surface area contributed by atoms with Crippen LogP contribution in [0.1, 0.15) is 12.7 Å². The van der Waals surface area contributed by atoms with Gasteiger partial charge in [0.05, 0.1) is 31.3 Å². The number of anilines is 1. The molecule has 0 amide bonds. The number of hydrogen-bond acceptors (Lipinski definition) is 5. The fourth-order valence-corrected chi connectivity index (χ4v) is 2.15. The third kappa shape index (κ3) is 4.09. The van der Waals surface area contributed by atoms with Gasteiger partial charge in [0, 0.05) is 19.6 Å². The van der Waals surface area contributed by atoms with Gasteiger partial charge in [0.15, 0.2) is 0 Å². The van der Waals surface area contributed by atoms with E-state index in [4.69, 9.17) is 20.8 Å². The summed E-state index contributed by atoms with van der Waals surface area (Å²) in [7, 11) is 1.57. The minimum atomic E-state index is -0.330. The summed E-state index contributed by atoms with van der Waals surface area (Å²) < 4.78 is 11.5. The highest BCUT2D eigenvalue weighted by Gasteiger charge is 2.12. The van der Waals surface area contributed by atoms with Gasteiger partial charge >= 0.3 is 0 Å². The standard InChI is InChI=1S/C14H18ClN3O3/c1-10(8-11-4-3-6-21-11)17-12-9-16-18(5-7-20-2)14(19)13(12)15/h3-4,6,9-10,17H,5,7-8H2,1-2H3. The molecule has 0 aliphatic heterocycles. The maximum Gasteiger partial charge on any atom is 0.287 e. The first-order chi connectivity index (χ1) is 10.1. The number of methoxy groups -OCH3 is 1. The van der Waals surface area contributed by atoms with E-state index in [1.54, 1.807) is 19.6 Å². The molecule has 2 aromatic heterocycles. The Morgan fingerprint density at radius 1 is 1.57 bits per heavy atom. The smallest absolute Gasteiger partial charge is 0.287 e. The number of hydrogen-bond donors (Lipinski definition) is 1. The normalized spacial score (nSPS) is 12.3. The molecule has 0 spiro atoms. The average Bonchev–Trinajstić information content (AvgIpc) is 2.96. The van der Waals surface area contributed by atoms with Crippen molar-refractivity contribution >= 4 is 17.3 Å². The highest BCUT2D eigenvalue weighted by Crippen LogP contribution is 2.17. The van der Waals surface area contributed by atoms with Crippen molar-refractivity contribution in [3.63, 3.8) is 0 Å². The van der Waals surface area contributed by atoms with Gasteiger partial charge in [0.2, 0.25) is 0 Å². The van der Waals surface area contributed by atoms with Crippen molar-refractivity contribution in [2.24, 2.45) is 0 Å². The van der Waals surface area contributed by atoms with Crippen LogP contribution < -0.4 is 10.9 Å². The summed E-state index contributed by atoms with van der Waals surface area (Å²) in [6, 6.07) is 3.80. The monoisotopic (exact) mass is 311 g/mol. The zero-order valence-corrected chi connectivity index (χ0v) is 12.8. The predicted molar refractivity (Wildman–Crippen MR) is 80.9 cm³/mol. The van der Waals surface area contributed by atoms with E-state index in [9.17, 15) is 4.79 Å². The maximum absolute atomic E-state index is 12.0. The number of nitrogens with one attached hydrogen (secondary N) is 1. The number of aromatic nitrogens is 2. The van der Waals surface area contributed by atoms with E-state index in [1.807, 2.05) is 19.1 Å². The number of furan rings is 1. The maximum atomic E-state index is 12.0. The van der Waals surface area contributed by atoms with Crippen molar-refractivity contribution in [2.45, 2.75) is 25.9 Å². The predicted octanol–water partition coefficient (Wildman–Crippen LogP) is 2.18. The van der Waals surface area contributed by atoms with E-state index in [2.05, 4.69) is 10.4 Å². The van der Waals surface area contributed by atoms with Crippen molar-refractivity contribution in [3.8, 4) is 0 Å². The van der Waals surface area contributed by atoms with Crippen LogP contribution in [-0.2, 0) is 17.7 Å². The van der Waals surface area contributed by atoms with Gasteiger partial charge < -0.3 is 14.5 Å². The van der Waals surface area contributed by atoms with E-state index in [0.29, 0.717) is 25.3 Å². The molecule has 0 radical (unpaired) electrons. The number of halogens is 1. The molecule has 0 fully saturated rings. The quantitative estimate of drug-likeness (QED) is 0.848. The Kier molecular flexibility index (Phi) is 5.41. The van der Waals surface area contributed by atoms with Crippen LogP contribution in [0, 0.1) is 0 Å². The Hall–Kier alpha value is -1.79. The molecule has 2 rings (SSSR count). The molecule has 0 bridgehead atoms. The van der Waals surface area contributed by atoms with Crippen LogP contribution in [0.15, 0.2) is 33.8 Å². The van der Waals surface area contributed by atoms with Crippen LogP contribution in [0.3, 0.4) is 0 Å². The van der Waals surface area contributed by atoms with Crippen LogP contribution in [0.25, 0.3) is 0 Å². The van der Waals surface area contributed by atoms with E-state index in [1.165, 1.54) is 4.68 Å². The summed E-state index contributed by atoms with van der Waals surface area (Å²) in [6.45, 7) is 2.76. The molecular formula is C14H18ClN3O3. The summed E-state index contributed by atoms with van der Waals surface area (Å²) >= 11 is 6.10. The Morgan fingerprint density at radius 3 is 3.05 bits per heavy atom. The van der Waals surface area contributed by atoms with Gasteiger partial charge in [-0.05, 0) is 19.1 Å². The largest absolute Gasteiger partial charge is 0.469 e. The molecule has 21 heavy (non-hydrogen) atoms. The van der Waals surface area contributed by atoms with Crippen LogP contribution in [0.2, 0.25) is 5.02 Å². The summed E-state index contributed by atoms with van der Waals surface area (Å²) in [6.07, 6.45) is 3.88. The molecule has 7 heteroatoms. The summed E-state index contributed by atoms with van der Waals surface area (Å²) in [5.41, 5.74) is 0.193. The Bertz CT molecular complexity index is 625. The third-order valence-corrected chi connectivity index (χ3v) is 3.35. The first-order valence-electron chi connectivity index (χ1n) is 6.65. The second-order valence-electron chi connectivity index (χ2n) is 4.72. The molecule has 1 N–H and O–H groups in total. The van der Waals surface area contributed by atoms with Crippen LogP contribution >= 0.6 is 11.6 Å². The molecule has 0 saturated heterocycles.